The summed E-state index contributed by atoms with van der Waals surface area (Å²) in [4.78, 5) is 11.4. The number of hydrogen-bond acceptors (Lipinski definition) is 3. The van der Waals surface area contributed by atoms with Crippen LogP contribution in [0.3, 0.4) is 0 Å². The van der Waals surface area contributed by atoms with Crippen molar-refractivity contribution < 1.29 is 9.90 Å². The highest BCUT2D eigenvalue weighted by Crippen LogP contribution is 2.07. The molecule has 0 saturated carbocycles. The van der Waals surface area contributed by atoms with Gasteiger partial charge in [-0.05, 0) is 20.3 Å². The van der Waals surface area contributed by atoms with Crippen molar-refractivity contribution >= 4 is 5.91 Å². The van der Waals surface area contributed by atoms with E-state index in [2.05, 4.69) is 5.32 Å². The lowest BCUT2D eigenvalue weighted by Crippen LogP contribution is -2.45. The van der Waals surface area contributed by atoms with Gasteiger partial charge in [0, 0.05) is 18.5 Å². The van der Waals surface area contributed by atoms with Gasteiger partial charge in [-0.25, -0.2) is 0 Å². The van der Waals surface area contributed by atoms with Gasteiger partial charge < -0.3 is 16.2 Å². The Morgan fingerprint density at radius 1 is 1.57 bits per heavy atom. The molecule has 0 radical (unpaired) electrons. The molecule has 0 fully saturated rings. The summed E-state index contributed by atoms with van der Waals surface area (Å²) in [6.07, 6.45) is 0.611. The van der Waals surface area contributed by atoms with Gasteiger partial charge in [-0.2, -0.15) is 0 Å². The predicted octanol–water partition coefficient (Wildman–Crippen LogP) is 0.247. The third-order valence-electron chi connectivity index (χ3n) is 2.61. The van der Waals surface area contributed by atoms with Crippen molar-refractivity contribution in [1.29, 1.82) is 0 Å². The second-order valence-electron chi connectivity index (χ2n) is 4.22. The number of rotatable bonds is 5. The second kappa shape index (κ2) is 5.32. The van der Waals surface area contributed by atoms with E-state index in [0.717, 1.165) is 0 Å². The number of nitrogens with one attached hydrogen (secondary N) is 1. The molecular formula is C10H22N2O2. The summed E-state index contributed by atoms with van der Waals surface area (Å²) in [6, 6.07) is -0.165. The highest BCUT2D eigenvalue weighted by molar-refractivity contribution is 5.78. The quantitative estimate of drug-likeness (QED) is 0.598. The van der Waals surface area contributed by atoms with E-state index in [9.17, 15) is 9.90 Å². The van der Waals surface area contributed by atoms with Crippen LogP contribution in [0.25, 0.3) is 0 Å². The van der Waals surface area contributed by atoms with Crippen molar-refractivity contribution in [2.24, 2.45) is 11.7 Å². The lowest BCUT2D eigenvalue weighted by Gasteiger charge is -2.23. The van der Waals surface area contributed by atoms with Gasteiger partial charge in [-0.1, -0.05) is 13.8 Å². The standard InChI is InChI=1S/C10H22N2O2/c1-5-10(4,14)6-12-9(13)7(2)8(3)11/h7-8,14H,5-6,11H2,1-4H3,(H,12,13). The van der Waals surface area contributed by atoms with Crippen LogP contribution in [-0.2, 0) is 4.79 Å². The molecule has 0 heterocycles. The molecule has 3 atom stereocenters. The highest BCUT2D eigenvalue weighted by Gasteiger charge is 2.22. The van der Waals surface area contributed by atoms with Crippen LogP contribution < -0.4 is 11.1 Å². The van der Waals surface area contributed by atoms with Crippen LogP contribution >= 0.6 is 0 Å². The number of nitrogens with two attached hydrogens (primary N) is 1. The summed E-state index contributed by atoms with van der Waals surface area (Å²) >= 11 is 0. The number of hydrogen-bond donors (Lipinski definition) is 3. The summed E-state index contributed by atoms with van der Waals surface area (Å²) < 4.78 is 0. The average molecular weight is 202 g/mol. The van der Waals surface area contributed by atoms with E-state index in [0.29, 0.717) is 6.42 Å². The fourth-order valence-electron chi connectivity index (χ4n) is 0.802. The summed E-state index contributed by atoms with van der Waals surface area (Å²) in [5.74, 6) is -0.323. The molecule has 4 heteroatoms. The smallest absolute Gasteiger partial charge is 0.224 e. The maximum absolute atomic E-state index is 11.4. The van der Waals surface area contributed by atoms with Gasteiger partial charge in [0.25, 0.3) is 0 Å². The van der Waals surface area contributed by atoms with Gasteiger partial charge in [0.2, 0.25) is 5.91 Å². The molecule has 0 saturated heterocycles. The van der Waals surface area contributed by atoms with Crippen LogP contribution in [0.2, 0.25) is 0 Å². The van der Waals surface area contributed by atoms with Crippen molar-refractivity contribution in [2.75, 3.05) is 6.54 Å². The molecule has 3 unspecified atom stereocenters. The Balaban J connectivity index is 3.97. The molecule has 1 amide bonds. The first-order chi connectivity index (χ1) is 6.30. The normalized spacial score (nSPS) is 19.6. The number of carbonyl (C=O) groups is 1. The minimum atomic E-state index is -0.826. The minimum Gasteiger partial charge on any atom is -0.388 e. The van der Waals surface area contributed by atoms with Crippen molar-refractivity contribution in [3.05, 3.63) is 0 Å². The Bertz CT molecular complexity index is 191. The Morgan fingerprint density at radius 2 is 2.07 bits per heavy atom. The van der Waals surface area contributed by atoms with Crippen molar-refractivity contribution in [3.8, 4) is 0 Å². The number of amides is 1. The van der Waals surface area contributed by atoms with Crippen LogP contribution in [-0.4, -0.2) is 29.2 Å². The molecule has 0 aliphatic rings. The fourth-order valence-corrected chi connectivity index (χ4v) is 0.802. The zero-order valence-corrected chi connectivity index (χ0v) is 9.50. The van der Waals surface area contributed by atoms with E-state index in [-0.39, 0.29) is 24.4 Å². The van der Waals surface area contributed by atoms with Gasteiger partial charge in [0.1, 0.15) is 0 Å². The van der Waals surface area contributed by atoms with Crippen molar-refractivity contribution in [2.45, 2.75) is 45.8 Å². The van der Waals surface area contributed by atoms with Crippen LogP contribution in [0.5, 0.6) is 0 Å². The molecular weight excluding hydrogens is 180 g/mol. The lowest BCUT2D eigenvalue weighted by molar-refractivity contribution is -0.126. The van der Waals surface area contributed by atoms with Crippen LogP contribution in [0.4, 0.5) is 0 Å². The van der Waals surface area contributed by atoms with E-state index < -0.39 is 5.60 Å². The zero-order chi connectivity index (χ0) is 11.4. The Hall–Kier alpha value is -0.610. The van der Waals surface area contributed by atoms with Crippen molar-refractivity contribution in [3.63, 3.8) is 0 Å². The van der Waals surface area contributed by atoms with E-state index in [4.69, 9.17) is 5.73 Å². The molecule has 0 aromatic rings. The molecule has 4 N–H and O–H groups in total. The largest absolute Gasteiger partial charge is 0.388 e. The third kappa shape index (κ3) is 4.58. The molecule has 4 nitrogen and oxygen atoms in total. The predicted molar refractivity (Wildman–Crippen MR) is 56.7 cm³/mol. The van der Waals surface area contributed by atoms with Gasteiger partial charge in [0.05, 0.1) is 5.60 Å². The molecule has 0 spiro atoms. The summed E-state index contributed by atoms with van der Waals surface area (Å²) in [7, 11) is 0. The van der Waals surface area contributed by atoms with Crippen molar-refractivity contribution in [1.82, 2.24) is 5.32 Å². The first kappa shape index (κ1) is 13.4. The molecule has 84 valence electrons. The number of aliphatic hydroxyl groups is 1. The SMILES string of the molecule is CCC(C)(O)CNC(=O)C(C)C(C)N. The van der Waals surface area contributed by atoms with Crippen LogP contribution in [0, 0.1) is 5.92 Å². The van der Waals surface area contributed by atoms with Gasteiger partial charge >= 0.3 is 0 Å². The molecule has 14 heavy (non-hydrogen) atoms. The van der Waals surface area contributed by atoms with Gasteiger partial charge in [-0.15, -0.1) is 0 Å². The summed E-state index contributed by atoms with van der Waals surface area (Å²) in [5, 5.41) is 12.3. The monoisotopic (exact) mass is 202 g/mol. The molecule has 0 rings (SSSR count). The molecule has 0 aliphatic carbocycles. The van der Waals surface area contributed by atoms with Gasteiger partial charge in [0.15, 0.2) is 0 Å². The van der Waals surface area contributed by atoms with Gasteiger partial charge in [-0.3, -0.25) is 4.79 Å². The minimum absolute atomic E-state index is 0.103. The topological polar surface area (TPSA) is 75.3 Å². The molecule has 0 aromatic heterocycles. The van der Waals surface area contributed by atoms with E-state index in [1.54, 1.807) is 20.8 Å². The molecule has 0 bridgehead atoms. The summed E-state index contributed by atoms with van der Waals surface area (Å²) in [6.45, 7) is 7.42. The maximum atomic E-state index is 11.4. The lowest BCUT2D eigenvalue weighted by atomic mass is 10.0. The van der Waals surface area contributed by atoms with E-state index >= 15 is 0 Å². The average Bonchev–Trinajstić information content (AvgIpc) is 2.13. The van der Waals surface area contributed by atoms with E-state index in [1.165, 1.54) is 0 Å². The first-order valence-electron chi connectivity index (χ1n) is 5.06. The Morgan fingerprint density at radius 3 is 2.43 bits per heavy atom. The fraction of sp³-hybridized carbons (Fsp3) is 0.900. The Labute approximate surface area is 85.9 Å². The first-order valence-corrected chi connectivity index (χ1v) is 5.06. The highest BCUT2D eigenvalue weighted by atomic mass is 16.3. The molecule has 0 aromatic carbocycles. The van der Waals surface area contributed by atoms with Crippen LogP contribution in [0.1, 0.15) is 34.1 Å². The second-order valence-corrected chi connectivity index (χ2v) is 4.22. The van der Waals surface area contributed by atoms with E-state index in [1.807, 2.05) is 6.92 Å². The number of carbonyl (C=O) groups excluding carboxylic acids is 1. The Kier molecular flexibility index (Phi) is 5.08. The zero-order valence-electron chi connectivity index (χ0n) is 9.50. The van der Waals surface area contributed by atoms with Crippen LogP contribution in [0.15, 0.2) is 0 Å². The third-order valence-corrected chi connectivity index (χ3v) is 2.61. The summed E-state index contributed by atoms with van der Waals surface area (Å²) in [5.41, 5.74) is 4.76. The maximum Gasteiger partial charge on any atom is 0.224 e. The molecule has 0 aliphatic heterocycles.